The van der Waals surface area contributed by atoms with Crippen LogP contribution in [0, 0.1) is 0 Å². The zero-order chi connectivity index (χ0) is 28.0. The van der Waals surface area contributed by atoms with Crippen LogP contribution in [0.2, 0.25) is 0 Å². The van der Waals surface area contributed by atoms with Gasteiger partial charge in [0.15, 0.2) is 0 Å². The molecule has 0 bridgehead atoms. The standard InChI is InChI=1S/C36H33N3O2/c40-35(24-27-17-18-28-9-4-5-12-30(28)23-27)37-33-15-8-14-31(25-33)36(41)39-21-19-38(20-22-39)26-32-13-6-7-16-34(32)29-10-2-1-3-11-29/h1-18,23,25H,19-22,24,26H2,(H,37,40). The van der Waals surface area contributed by atoms with E-state index in [0.717, 1.165) is 36.0 Å². The number of rotatable bonds is 7. The van der Waals surface area contributed by atoms with E-state index in [-0.39, 0.29) is 18.2 Å². The molecule has 204 valence electrons. The number of fused-ring (bicyclic) bond motifs is 1. The summed E-state index contributed by atoms with van der Waals surface area (Å²) in [5.74, 6) is -0.103. The number of amides is 2. The molecule has 0 aromatic heterocycles. The molecule has 0 unspecified atom stereocenters. The predicted octanol–water partition coefficient (Wildman–Crippen LogP) is 6.65. The monoisotopic (exact) mass is 539 g/mol. The topological polar surface area (TPSA) is 52.7 Å². The van der Waals surface area contributed by atoms with Crippen LogP contribution in [-0.4, -0.2) is 47.8 Å². The number of benzene rings is 5. The Morgan fingerprint density at radius 2 is 1.39 bits per heavy atom. The van der Waals surface area contributed by atoms with Gasteiger partial charge in [0.1, 0.15) is 0 Å². The van der Waals surface area contributed by atoms with E-state index in [1.165, 1.54) is 16.7 Å². The lowest BCUT2D eigenvalue weighted by atomic mass is 9.99. The van der Waals surface area contributed by atoms with Crippen molar-refractivity contribution in [1.29, 1.82) is 0 Å². The van der Waals surface area contributed by atoms with Crippen LogP contribution in [0.4, 0.5) is 5.69 Å². The van der Waals surface area contributed by atoms with Gasteiger partial charge in [-0.3, -0.25) is 14.5 Å². The molecule has 0 atom stereocenters. The van der Waals surface area contributed by atoms with E-state index < -0.39 is 0 Å². The van der Waals surface area contributed by atoms with Crippen LogP contribution in [-0.2, 0) is 17.8 Å². The molecule has 5 heteroatoms. The summed E-state index contributed by atoms with van der Waals surface area (Å²) in [6, 6.07) is 40.5. The lowest BCUT2D eigenvalue weighted by Gasteiger charge is -2.35. The smallest absolute Gasteiger partial charge is 0.254 e. The fourth-order valence-corrected chi connectivity index (χ4v) is 5.56. The summed E-state index contributed by atoms with van der Waals surface area (Å²) in [4.78, 5) is 30.5. The van der Waals surface area contributed by atoms with Crippen molar-refractivity contribution in [3.05, 3.63) is 138 Å². The molecule has 1 fully saturated rings. The molecule has 6 rings (SSSR count). The molecular weight excluding hydrogens is 506 g/mol. The van der Waals surface area contributed by atoms with Crippen molar-refractivity contribution in [3.8, 4) is 11.1 Å². The summed E-state index contributed by atoms with van der Waals surface area (Å²) in [5.41, 5.74) is 5.96. The van der Waals surface area contributed by atoms with Gasteiger partial charge in [0.2, 0.25) is 5.91 Å². The lowest BCUT2D eigenvalue weighted by Crippen LogP contribution is -2.48. The molecule has 5 aromatic rings. The van der Waals surface area contributed by atoms with Gasteiger partial charge in [-0.2, -0.15) is 0 Å². The first-order chi connectivity index (χ1) is 20.1. The third-order valence-electron chi connectivity index (χ3n) is 7.73. The van der Waals surface area contributed by atoms with Gasteiger partial charge in [-0.05, 0) is 51.2 Å². The van der Waals surface area contributed by atoms with Crippen LogP contribution in [0.25, 0.3) is 21.9 Å². The third-order valence-corrected chi connectivity index (χ3v) is 7.73. The minimum atomic E-state index is -0.103. The van der Waals surface area contributed by atoms with Crippen molar-refractivity contribution in [2.24, 2.45) is 0 Å². The van der Waals surface area contributed by atoms with Gasteiger partial charge in [-0.15, -0.1) is 0 Å². The summed E-state index contributed by atoms with van der Waals surface area (Å²) in [7, 11) is 0. The first-order valence-electron chi connectivity index (χ1n) is 14.1. The van der Waals surface area contributed by atoms with E-state index in [9.17, 15) is 9.59 Å². The number of piperazine rings is 1. The van der Waals surface area contributed by atoms with Crippen LogP contribution < -0.4 is 5.32 Å². The summed E-state index contributed by atoms with van der Waals surface area (Å²) in [6.45, 7) is 3.83. The van der Waals surface area contributed by atoms with Gasteiger partial charge in [-0.1, -0.05) is 103 Å². The highest BCUT2D eigenvalue weighted by molar-refractivity contribution is 5.98. The normalized spacial score (nSPS) is 13.7. The molecule has 0 spiro atoms. The maximum atomic E-state index is 13.4. The zero-order valence-corrected chi connectivity index (χ0v) is 23.0. The average Bonchev–Trinajstić information content (AvgIpc) is 3.02. The number of carbonyl (C=O) groups excluding carboxylic acids is 2. The van der Waals surface area contributed by atoms with Crippen molar-refractivity contribution < 1.29 is 9.59 Å². The van der Waals surface area contributed by atoms with E-state index in [4.69, 9.17) is 0 Å². The third kappa shape index (κ3) is 6.37. The van der Waals surface area contributed by atoms with E-state index in [2.05, 4.69) is 76.9 Å². The number of carbonyl (C=O) groups is 2. The number of hydrogen-bond acceptors (Lipinski definition) is 3. The average molecular weight is 540 g/mol. The van der Waals surface area contributed by atoms with Crippen molar-refractivity contribution >= 4 is 28.3 Å². The quantitative estimate of drug-likeness (QED) is 0.252. The molecule has 0 radical (unpaired) electrons. The predicted molar refractivity (Wildman–Crippen MR) is 166 cm³/mol. The Hall–Kier alpha value is -4.74. The van der Waals surface area contributed by atoms with E-state index in [1.54, 1.807) is 6.07 Å². The summed E-state index contributed by atoms with van der Waals surface area (Å²) in [6.07, 6.45) is 0.276. The van der Waals surface area contributed by atoms with Gasteiger partial charge >= 0.3 is 0 Å². The fourth-order valence-electron chi connectivity index (χ4n) is 5.56. The van der Waals surface area contributed by atoms with Gasteiger partial charge < -0.3 is 10.2 Å². The highest BCUT2D eigenvalue weighted by Crippen LogP contribution is 2.25. The highest BCUT2D eigenvalue weighted by atomic mass is 16.2. The Labute approximate surface area is 241 Å². The van der Waals surface area contributed by atoms with Crippen molar-refractivity contribution in [1.82, 2.24) is 9.80 Å². The maximum Gasteiger partial charge on any atom is 0.254 e. The minimum Gasteiger partial charge on any atom is -0.336 e. The van der Waals surface area contributed by atoms with Crippen LogP contribution in [0.1, 0.15) is 21.5 Å². The highest BCUT2D eigenvalue weighted by Gasteiger charge is 2.23. The Kier molecular flexibility index (Phi) is 7.88. The fraction of sp³-hybridized carbons (Fsp3) is 0.167. The second-order valence-corrected chi connectivity index (χ2v) is 10.6. The number of nitrogens with zero attached hydrogens (tertiary/aromatic N) is 2. The molecule has 1 aliphatic heterocycles. The number of hydrogen-bond donors (Lipinski definition) is 1. The van der Waals surface area contributed by atoms with Crippen LogP contribution in [0.15, 0.2) is 121 Å². The summed E-state index contributed by atoms with van der Waals surface area (Å²) < 4.78 is 0. The molecule has 0 aliphatic carbocycles. The van der Waals surface area contributed by atoms with E-state index in [0.29, 0.717) is 24.3 Å². The van der Waals surface area contributed by atoms with Crippen molar-refractivity contribution in [2.75, 3.05) is 31.5 Å². The SMILES string of the molecule is O=C(Cc1ccc2ccccc2c1)Nc1cccc(C(=O)N2CCN(Cc3ccccc3-c3ccccc3)CC2)c1. The van der Waals surface area contributed by atoms with Crippen molar-refractivity contribution in [3.63, 3.8) is 0 Å². The molecule has 1 heterocycles. The minimum absolute atomic E-state index is 0.0000335. The molecule has 5 nitrogen and oxygen atoms in total. The first kappa shape index (κ1) is 26.5. The Morgan fingerprint density at radius 1 is 0.659 bits per heavy atom. The molecule has 41 heavy (non-hydrogen) atoms. The molecule has 1 aliphatic rings. The van der Waals surface area contributed by atoms with E-state index >= 15 is 0 Å². The zero-order valence-electron chi connectivity index (χ0n) is 23.0. The maximum absolute atomic E-state index is 13.4. The summed E-state index contributed by atoms with van der Waals surface area (Å²) in [5, 5.41) is 5.24. The second-order valence-electron chi connectivity index (χ2n) is 10.6. The van der Waals surface area contributed by atoms with Crippen LogP contribution in [0.3, 0.4) is 0 Å². The van der Waals surface area contributed by atoms with Crippen LogP contribution >= 0.6 is 0 Å². The Bertz CT molecular complexity index is 1670. The molecule has 1 saturated heterocycles. The molecule has 1 N–H and O–H groups in total. The lowest BCUT2D eigenvalue weighted by molar-refractivity contribution is -0.115. The number of nitrogens with one attached hydrogen (secondary N) is 1. The van der Waals surface area contributed by atoms with Crippen molar-refractivity contribution in [2.45, 2.75) is 13.0 Å². The van der Waals surface area contributed by atoms with Gasteiger partial charge in [0.25, 0.3) is 5.91 Å². The first-order valence-corrected chi connectivity index (χ1v) is 14.1. The van der Waals surface area contributed by atoms with Gasteiger partial charge in [0, 0.05) is 44.0 Å². The molecule has 2 amide bonds. The second kappa shape index (κ2) is 12.2. The molecule has 5 aromatic carbocycles. The Morgan fingerprint density at radius 3 is 2.22 bits per heavy atom. The summed E-state index contributed by atoms with van der Waals surface area (Å²) >= 11 is 0. The number of anilines is 1. The van der Waals surface area contributed by atoms with E-state index in [1.807, 2.05) is 53.4 Å². The Balaban J connectivity index is 1.05. The van der Waals surface area contributed by atoms with Gasteiger partial charge in [0.05, 0.1) is 6.42 Å². The van der Waals surface area contributed by atoms with Crippen LogP contribution in [0.5, 0.6) is 0 Å². The molecule has 0 saturated carbocycles. The largest absolute Gasteiger partial charge is 0.336 e. The molecular formula is C36H33N3O2. The van der Waals surface area contributed by atoms with Gasteiger partial charge in [-0.25, -0.2) is 0 Å².